The Morgan fingerprint density at radius 1 is 1.12 bits per heavy atom. The molecule has 1 aliphatic carbocycles. The molecule has 1 rings (SSSR count). The van der Waals surface area contributed by atoms with Crippen LogP contribution < -0.4 is 0 Å². The molecule has 1 fully saturated rings. The van der Waals surface area contributed by atoms with Gasteiger partial charge in [0.2, 0.25) is 0 Å². The van der Waals surface area contributed by atoms with Crippen molar-refractivity contribution in [1.82, 2.24) is 0 Å². The van der Waals surface area contributed by atoms with Crippen LogP contribution in [0.4, 0.5) is 0 Å². The number of rotatable bonds is 2. The van der Waals surface area contributed by atoms with Crippen LogP contribution in [0.3, 0.4) is 0 Å². The van der Waals surface area contributed by atoms with E-state index in [1.807, 2.05) is 0 Å². The largest absolute Gasteiger partial charge is 0 e. The van der Waals surface area contributed by atoms with Crippen molar-refractivity contribution < 1.29 is 31.0 Å². The van der Waals surface area contributed by atoms with Gasteiger partial charge in [0.05, 0.1) is 0 Å². The first-order valence-corrected chi connectivity index (χ1v) is 4.64. The molecule has 0 saturated heterocycles. The van der Waals surface area contributed by atoms with E-state index in [4.69, 9.17) is 14.0 Å². The van der Waals surface area contributed by atoms with E-state index in [-0.39, 0.29) is 17.1 Å². The van der Waals surface area contributed by atoms with E-state index in [0.29, 0.717) is 0 Å². The standard InChI is InChI=1S/C10H15.3CO.Fe/c1-3-9(2)10-7-5-4-6-8-10;3*1-2;/h4-7,9H,3,8H2,1-2H3;;;;. The van der Waals surface area contributed by atoms with E-state index in [1.54, 1.807) is 5.92 Å². The van der Waals surface area contributed by atoms with Crippen molar-refractivity contribution >= 4 is 0 Å². The summed E-state index contributed by atoms with van der Waals surface area (Å²) in [5.74, 6) is 2.34. The maximum atomic E-state index is 7.50. The summed E-state index contributed by atoms with van der Waals surface area (Å²) in [5.41, 5.74) is 0. The fraction of sp³-hybridized carbons (Fsp3) is 0.385. The minimum atomic E-state index is 0. The molecule has 0 aromatic carbocycles. The van der Waals surface area contributed by atoms with Crippen molar-refractivity contribution in [3.05, 3.63) is 51.6 Å². The summed E-state index contributed by atoms with van der Waals surface area (Å²) in [5, 5.41) is 0. The van der Waals surface area contributed by atoms with Gasteiger partial charge in [-0.15, -0.1) is 0 Å². The van der Waals surface area contributed by atoms with E-state index in [1.165, 1.54) is 6.42 Å². The molecule has 1 aliphatic rings. The molecule has 0 aromatic rings. The number of hydrogen-bond donors (Lipinski definition) is 0. The molecule has 5 radical (unpaired) electrons. The molecule has 1 unspecified atom stereocenters. The molecule has 4 heteroatoms. The van der Waals surface area contributed by atoms with Crippen molar-refractivity contribution in [3.8, 4) is 0 Å². The summed E-state index contributed by atoms with van der Waals surface area (Å²) in [4.78, 5) is 0. The Morgan fingerprint density at radius 3 is 1.88 bits per heavy atom. The summed E-state index contributed by atoms with van der Waals surface area (Å²) in [6.45, 7) is 18.0. The van der Waals surface area contributed by atoms with Gasteiger partial charge in [0, 0.05) is 17.1 Å². The van der Waals surface area contributed by atoms with Crippen LogP contribution in [-0.4, -0.2) is 0 Å². The predicted molar refractivity (Wildman–Crippen MR) is 56.3 cm³/mol. The zero-order valence-corrected chi connectivity index (χ0v) is 11.0. The normalized spacial score (nSPS) is 14.8. The first-order valence-electron chi connectivity index (χ1n) is 4.64. The van der Waals surface area contributed by atoms with Gasteiger partial charge >= 0.3 is 33.9 Å². The van der Waals surface area contributed by atoms with Crippen LogP contribution in [0.25, 0.3) is 0 Å². The average molecular weight is 275 g/mol. The van der Waals surface area contributed by atoms with Gasteiger partial charge in [0.1, 0.15) is 0 Å². The Morgan fingerprint density at radius 2 is 1.59 bits per heavy atom. The van der Waals surface area contributed by atoms with Crippen molar-refractivity contribution in [2.75, 3.05) is 0 Å². The smallest absolute Gasteiger partial charge is 0 e. The van der Waals surface area contributed by atoms with E-state index < -0.39 is 0 Å². The molecule has 1 atom stereocenters. The average Bonchev–Trinajstić information content (AvgIpc) is 2.45. The SMILES string of the molecule is CCC(C)[C]1[CH][CH][CH][CH]C1.[C-]#[O+].[C-]#[O+].[C-]#[O+].[Fe]. The molecule has 3 nitrogen and oxygen atoms in total. The Balaban J connectivity index is -0.000000106. The predicted octanol–water partition coefficient (Wildman–Crippen LogP) is 2.71. The van der Waals surface area contributed by atoms with Gasteiger partial charge in [-0.1, -0.05) is 20.3 Å². The molecule has 93 valence electrons. The van der Waals surface area contributed by atoms with Crippen molar-refractivity contribution in [3.63, 3.8) is 0 Å². The minimum Gasteiger partial charge on any atom is 0 e. The first kappa shape index (κ1) is 25.6. The molecular formula is C13H15FeO3. The second-order valence-electron chi connectivity index (χ2n) is 2.88. The Bertz CT molecular complexity index is 167. The summed E-state index contributed by atoms with van der Waals surface area (Å²) in [7, 11) is 0. The van der Waals surface area contributed by atoms with Crippen LogP contribution in [0, 0.1) is 57.5 Å². The Labute approximate surface area is 115 Å². The second kappa shape index (κ2) is 24.8. The van der Waals surface area contributed by atoms with Gasteiger partial charge < -0.3 is 0 Å². The van der Waals surface area contributed by atoms with Gasteiger partial charge in [-0.25, -0.2) is 0 Å². The topological polar surface area (TPSA) is 59.7 Å². The van der Waals surface area contributed by atoms with E-state index >= 15 is 0 Å². The molecule has 17 heavy (non-hydrogen) atoms. The van der Waals surface area contributed by atoms with Crippen molar-refractivity contribution in [2.45, 2.75) is 26.7 Å². The molecule has 1 saturated carbocycles. The van der Waals surface area contributed by atoms with Crippen LogP contribution >= 0.6 is 0 Å². The number of hydrogen-bond acceptors (Lipinski definition) is 0. The van der Waals surface area contributed by atoms with E-state index in [0.717, 1.165) is 12.3 Å². The Kier molecular flexibility index (Phi) is 37.3. The van der Waals surface area contributed by atoms with Crippen LogP contribution in [0.5, 0.6) is 0 Å². The molecule has 0 aliphatic heterocycles. The van der Waals surface area contributed by atoms with Gasteiger partial charge in [-0.2, -0.15) is 0 Å². The van der Waals surface area contributed by atoms with Crippen LogP contribution in [-0.2, 0) is 31.0 Å². The fourth-order valence-electron chi connectivity index (χ4n) is 1.16. The zero-order valence-electron chi connectivity index (χ0n) is 9.88. The van der Waals surface area contributed by atoms with E-state index in [9.17, 15) is 0 Å². The van der Waals surface area contributed by atoms with E-state index in [2.05, 4.69) is 59.5 Å². The molecule has 0 heterocycles. The Hall–Kier alpha value is -0.261. The first-order chi connectivity index (χ1) is 7.84. The van der Waals surface area contributed by atoms with Crippen LogP contribution in [0.15, 0.2) is 0 Å². The van der Waals surface area contributed by atoms with Crippen molar-refractivity contribution in [2.24, 2.45) is 5.92 Å². The molecular weight excluding hydrogens is 260 g/mol. The minimum absolute atomic E-state index is 0. The van der Waals surface area contributed by atoms with Crippen LogP contribution in [0.1, 0.15) is 26.7 Å². The third-order valence-corrected chi connectivity index (χ3v) is 2.16. The fourth-order valence-corrected chi connectivity index (χ4v) is 1.16. The van der Waals surface area contributed by atoms with Gasteiger partial charge in [-0.3, -0.25) is 0 Å². The summed E-state index contributed by atoms with van der Waals surface area (Å²) >= 11 is 0. The van der Waals surface area contributed by atoms with Gasteiger partial charge in [0.15, 0.2) is 0 Å². The summed E-state index contributed by atoms with van der Waals surface area (Å²) < 4.78 is 22.5. The quantitative estimate of drug-likeness (QED) is 0.422. The second-order valence-corrected chi connectivity index (χ2v) is 2.88. The maximum absolute atomic E-state index is 7.50. The summed E-state index contributed by atoms with van der Waals surface area (Å²) in [6, 6.07) is 0. The molecule has 0 spiro atoms. The maximum Gasteiger partial charge on any atom is 0 e. The van der Waals surface area contributed by atoms with Crippen molar-refractivity contribution in [1.29, 1.82) is 0 Å². The third-order valence-electron chi connectivity index (χ3n) is 2.16. The van der Waals surface area contributed by atoms with Gasteiger partial charge in [0.25, 0.3) is 0 Å². The van der Waals surface area contributed by atoms with Crippen LogP contribution in [0.2, 0.25) is 0 Å². The van der Waals surface area contributed by atoms with Gasteiger partial charge in [-0.05, 0) is 43.9 Å². The zero-order chi connectivity index (χ0) is 13.4. The monoisotopic (exact) mass is 275 g/mol. The third kappa shape index (κ3) is 15.7. The molecule has 0 amide bonds. The summed E-state index contributed by atoms with van der Waals surface area (Å²) in [6.07, 6.45) is 11.1. The molecule has 0 N–H and O–H groups in total. The molecule has 0 bridgehead atoms. The molecule has 0 aromatic heterocycles.